The minimum Gasteiger partial charge on any atom is -0.462 e. The van der Waals surface area contributed by atoms with Gasteiger partial charge in [0.1, 0.15) is 31.0 Å². The van der Waals surface area contributed by atoms with E-state index in [1.165, 1.54) is 109 Å². The molecule has 4 N–H and O–H groups in total. The highest BCUT2D eigenvalue weighted by Gasteiger charge is 2.44. The first-order chi connectivity index (χ1) is 23.8. The summed E-state index contributed by atoms with van der Waals surface area (Å²) in [7, 11) is 0. The average Bonchev–Trinajstić information content (AvgIpc) is 3.09. The summed E-state index contributed by atoms with van der Waals surface area (Å²) in [6.07, 6.45) is 22.2. The highest BCUT2D eigenvalue weighted by atomic mass is 16.7. The number of hydrogen-bond acceptors (Lipinski definition) is 10. The zero-order chi connectivity index (χ0) is 36.0. The Hall–Kier alpha value is -1.30. The fourth-order valence-corrected chi connectivity index (χ4v) is 6.25. The third kappa shape index (κ3) is 23.7. The summed E-state index contributed by atoms with van der Waals surface area (Å²) in [4.78, 5) is 24.8. The molecule has 10 nitrogen and oxygen atoms in total. The van der Waals surface area contributed by atoms with Crippen LogP contribution in [0.2, 0.25) is 0 Å². The van der Waals surface area contributed by atoms with Crippen LogP contribution in [0.1, 0.15) is 181 Å². The molecule has 0 aromatic rings. The highest BCUT2D eigenvalue weighted by Crippen LogP contribution is 2.22. The summed E-state index contributed by atoms with van der Waals surface area (Å²) in [5.41, 5.74) is 0. The van der Waals surface area contributed by atoms with E-state index in [4.69, 9.17) is 18.9 Å². The van der Waals surface area contributed by atoms with Gasteiger partial charge in [0.05, 0.1) is 13.2 Å². The molecule has 290 valence electrons. The van der Waals surface area contributed by atoms with Gasteiger partial charge in [-0.1, -0.05) is 155 Å². The first-order valence-electron chi connectivity index (χ1n) is 20.1. The predicted molar refractivity (Wildman–Crippen MR) is 192 cm³/mol. The first-order valence-corrected chi connectivity index (χ1v) is 20.1. The average molecular weight is 703 g/mol. The van der Waals surface area contributed by atoms with Crippen molar-refractivity contribution in [2.45, 2.75) is 218 Å². The lowest BCUT2D eigenvalue weighted by Crippen LogP contribution is -2.59. The predicted octanol–water partition coefficient (Wildman–Crippen LogP) is 7.44. The lowest BCUT2D eigenvalue weighted by Gasteiger charge is -2.39. The zero-order valence-corrected chi connectivity index (χ0v) is 31.2. The van der Waals surface area contributed by atoms with Crippen LogP contribution in [-0.2, 0) is 28.5 Å². The van der Waals surface area contributed by atoms with E-state index in [0.717, 1.165) is 32.1 Å². The highest BCUT2D eigenvalue weighted by molar-refractivity contribution is 5.70. The summed E-state index contributed by atoms with van der Waals surface area (Å²) in [5, 5.41) is 39.7. The molecule has 1 rings (SSSR count). The van der Waals surface area contributed by atoms with Crippen molar-refractivity contribution in [2.24, 2.45) is 0 Å². The Bertz CT molecular complexity index is 779. The number of carbonyl (C=O) groups is 2. The van der Waals surface area contributed by atoms with E-state index in [1.807, 2.05) is 6.92 Å². The molecule has 1 heterocycles. The van der Waals surface area contributed by atoms with Crippen molar-refractivity contribution in [3.63, 3.8) is 0 Å². The Morgan fingerprint density at radius 2 is 0.959 bits per heavy atom. The summed E-state index contributed by atoms with van der Waals surface area (Å²) in [6, 6.07) is 0. The number of unbranched alkanes of at least 4 members (excludes halogenated alkanes) is 22. The van der Waals surface area contributed by atoms with E-state index in [0.29, 0.717) is 12.8 Å². The summed E-state index contributed by atoms with van der Waals surface area (Å²) in [5.74, 6) is -0.825. The van der Waals surface area contributed by atoms with Crippen LogP contribution in [0.25, 0.3) is 0 Å². The Morgan fingerprint density at radius 3 is 1.43 bits per heavy atom. The Morgan fingerprint density at radius 1 is 0.551 bits per heavy atom. The van der Waals surface area contributed by atoms with Gasteiger partial charge in [-0.15, -0.1) is 0 Å². The number of carbonyl (C=O) groups excluding carboxylic acids is 2. The fraction of sp³-hybridized carbons (Fsp3) is 0.949. The molecule has 0 saturated carbocycles. The molecule has 0 bridgehead atoms. The summed E-state index contributed by atoms with van der Waals surface area (Å²) < 4.78 is 21.8. The Labute approximate surface area is 298 Å². The van der Waals surface area contributed by atoms with Crippen molar-refractivity contribution < 1.29 is 49.0 Å². The van der Waals surface area contributed by atoms with Crippen molar-refractivity contribution in [2.75, 3.05) is 19.8 Å². The minimum absolute atomic E-state index is 0.215. The van der Waals surface area contributed by atoms with Gasteiger partial charge in [-0.3, -0.25) is 9.59 Å². The van der Waals surface area contributed by atoms with Crippen molar-refractivity contribution in [3.8, 4) is 0 Å². The molecule has 1 aliphatic rings. The number of hydrogen-bond donors (Lipinski definition) is 4. The molecular weight excluding hydrogens is 628 g/mol. The number of rotatable bonds is 33. The van der Waals surface area contributed by atoms with Crippen LogP contribution in [0, 0.1) is 0 Å². The number of ether oxygens (including phenoxy) is 4. The van der Waals surface area contributed by atoms with Gasteiger partial charge >= 0.3 is 11.9 Å². The quantitative estimate of drug-likeness (QED) is 0.0401. The van der Waals surface area contributed by atoms with Crippen LogP contribution in [-0.4, -0.2) is 89.0 Å². The molecular formula is C39H74O10. The molecule has 10 heteroatoms. The second-order valence-electron chi connectivity index (χ2n) is 14.1. The van der Waals surface area contributed by atoms with Crippen molar-refractivity contribution in [3.05, 3.63) is 0 Å². The monoisotopic (exact) mass is 703 g/mol. The maximum absolute atomic E-state index is 12.6. The second kappa shape index (κ2) is 31.4. The standard InChI is InChI=1S/C39H74O10/c1-3-5-7-8-9-10-11-12-13-14-15-16-17-18-19-20-21-22-23-24-26-28-35(42)48-32(30-46-34(41)27-25-6-4-2)31-47-39-38(45)37(44)36(43)33(29-40)49-39/h32-33,36-40,43-45H,3-31H2,1-2H3. The molecule has 0 amide bonds. The smallest absolute Gasteiger partial charge is 0.306 e. The molecule has 0 spiro atoms. The lowest BCUT2D eigenvalue weighted by molar-refractivity contribution is -0.305. The molecule has 49 heavy (non-hydrogen) atoms. The molecule has 6 unspecified atom stereocenters. The van der Waals surface area contributed by atoms with E-state index in [1.54, 1.807) is 0 Å². The third-order valence-electron chi connectivity index (χ3n) is 9.49. The van der Waals surface area contributed by atoms with Crippen LogP contribution in [0.5, 0.6) is 0 Å². The first kappa shape index (κ1) is 45.7. The molecule has 6 atom stereocenters. The van der Waals surface area contributed by atoms with Gasteiger partial charge in [-0.2, -0.15) is 0 Å². The van der Waals surface area contributed by atoms with Gasteiger partial charge in [-0.05, 0) is 12.8 Å². The molecule has 0 radical (unpaired) electrons. The van der Waals surface area contributed by atoms with Gasteiger partial charge in [0, 0.05) is 12.8 Å². The number of aliphatic hydroxyl groups is 4. The summed E-state index contributed by atoms with van der Waals surface area (Å²) >= 11 is 0. The van der Waals surface area contributed by atoms with E-state index < -0.39 is 55.4 Å². The molecule has 1 saturated heterocycles. The van der Waals surface area contributed by atoms with Crippen LogP contribution < -0.4 is 0 Å². The normalized spacial score (nSPS) is 21.5. The van der Waals surface area contributed by atoms with Gasteiger partial charge < -0.3 is 39.4 Å². The van der Waals surface area contributed by atoms with E-state index in [9.17, 15) is 30.0 Å². The Balaban J connectivity index is 2.16. The topological polar surface area (TPSA) is 152 Å². The van der Waals surface area contributed by atoms with Gasteiger partial charge in [0.15, 0.2) is 12.4 Å². The fourth-order valence-electron chi connectivity index (χ4n) is 6.25. The van der Waals surface area contributed by atoms with E-state index in [-0.39, 0.29) is 26.1 Å². The largest absolute Gasteiger partial charge is 0.462 e. The molecule has 1 aliphatic heterocycles. The van der Waals surface area contributed by atoms with E-state index in [2.05, 4.69) is 6.92 Å². The maximum atomic E-state index is 12.6. The number of aliphatic hydroxyl groups excluding tert-OH is 4. The van der Waals surface area contributed by atoms with Gasteiger partial charge in [-0.25, -0.2) is 0 Å². The summed E-state index contributed by atoms with van der Waals surface area (Å²) in [6.45, 7) is 3.25. The molecule has 0 aromatic carbocycles. The van der Waals surface area contributed by atoms with Crippen LogP contribution in [0.3, 0.4) is 0 Å². The minimum atomic E-state index is -1.59. The molecule has 0 aliphatic carbocycles. The maximum Gasteiger partial charge on any atom is 0.306 e. The van der Waals surface area contributed by atoms with E-state index >= 15 is 0 Å². The molecule has 1 fully saturated rings. The molecule has 0 aromatic heterocycles. The second-order valence-corrected chi connectivity index (χ2v) is 14.1. The lowest BCUT2D eigenvalue weighted by atomic mass is 9.99. The number of esters is 2. The van der Waals surface area contributed by atoms with Gasteiger partial charge in [0.2, 0.25) is 0 Å². The van der Waals surface area contributed by atoms with Crippen molar-refractivity contribution in [1.82, 2.24) is 0 Å². The SMILES string of the molecule is CCCCCCCCCCCCCCCCCCCCCCCC(=O)OC(COC(=O)CCCCC)COC1OC(CO)C(O)C(O)C1O. The Kier molecular flexibility index (Phi) is 29.3. The van der Waals surface area contributed by atoms with Gasteiger partial charge in [0.25, 0.3) is 0 Å². The van der Waals surface area contributed by atoms with Crippen LogP contribution >= 0.6 is 0 Å². The van der Waals surface area contributed by atoms with Crippen molar-refractivity contribution in [1.29, 1.82) is 0 Å². The zero-order valence-electron chi connectivity index (χ0n) is 31.2. The third-order valence-corrected chi connectivity index (χ3v) is 9.49. The van der Waals surface area contributed by atoms with Crippen LogP contribution in [0.15, 0.2) is 0 Å². The van der Waals surface area contributed by atoms with Crippen LogP contribution in [0.4, 0.5) is 0 Å². The van der Waals surface area contributed by atoms with Crippen molar-refractivity contribution >= 4 is 11.9 Å².